The lowest BCUT2D eigenvalue weighted by Gasteiger charge is -2.13. The average Bonchev–Trinajstić information content (AvgIpc) is 3.42. The van der Waals surface area contributed by atoms with E-state index in [0.29, 0.717) is 37.6 Å². The lowest BCUT2D eigenvalue weighted by molar-refractivity contribution is -0.132. The number of H-pyrrole nitrogens is 1. The van der Waals surface area contributed by atoms with Gasteiger partial charge in [-0.15, -0.1) is 0 Å². The molecule has 0 aliphatic rings. The van der Waals surface area contributed by atoms with Crippen LogP contribution in [0.5, 0.6) is 23.0 Å². The van der Waals surface area contributed by atoms with Crippen LogP contribution in [0, 0.1) is 0 Å². The first-order valence-corrected chi connectivity index (χ1v) is 15.6. The van der Waals surface area contributed by atoms with Crippen molar-refractivity contribution < 1.29 is 33.3 Å². The number of amides is 1. The fourth-order valence-corrected chi connectivity index (χ4v) is 5.79. The number of fused-ring (bicyclic) bond motifs is 1. The zero-order chi connectivity index (χ0) is 33.7. The highest BCUT2D eigenvalue weighted by atomic mass is 79.9. The van der Waals surface area contributed by atoms with Gasteiger partial charge in [0.1, 0.15) is 5.69 Å². The molecule has 1 amide bonds. The maximum Gasteiger partial charge on any atom is 0.343 e. The van der Waals surface area contributed by atoms with E-state index in [4.69, 9.17) is 42.1 Å². The highest BCUT2D eigenvalue weighted by Gasteiger charge is 2.23. The zero-order valence-corrected chi connectivity index (χ0v) is 28.2. The Hall–Kier alpha value is -4.84. The Bertz CT molecular complexity index is 2040. The molecule has 0 spiro atoms. The largest absolute Gasteiger partial charge is 0.493 e. The third-order valence-electron chi connectivity index (χ3n) is 6.70. The summed E-state index contributed by atoms with van der Waals surface area (Å²) in [5.41, 5.74) is 5.28. The molecule has 0 bridgehead atoms. The molecule has 0 unspecified atom stereocenters. The smallest absolute Gasteiger partial charge is 0.343 e. The summed E-state index contributed by atoms with van der Waals surface area (Å²) in [7, 11) is 1.39. The fourth-order valence-electron chi connectivity index (χ4n) is 4.71. The number of aromatic amines is 1. The maximum absolute atomic E-state index is 13.4. The van der Waals surface area contributed by atoms with Crippen LogP contribution in [0.1, 0.15) is 40.3 Å². The molecule has 0 saturated carbocycles. The van der Waals surface area contributed by atoms with Crippen LogP contribution in [-0.4, -0.2) is 42.8 Å². The van der Waals surface area contributed by atoms with E-state index in [1.165, 1.54) is 38.4 Å². The molecular weight excluding hydrogens is 713 g/mol. The molecule has 1 aromatic heterocycles. The van der Waals surface area contributed by atoms with Gasteiger partial charge in [0.05, 0.1) is 36.0 Å². The van der Waals surface area contributed by atoms with Crippen molar-refractivity contribution in [2.75, 3.05) is 13.7 Å². The number of benzene rings is 4. The van der Waals surface area contributed by atoms with Crippen molar-refractivity contribution in [2.24, 2.45) is 5.10 Å². The van der Waals surface area contributed by atoms with E-state index in [0.717, 1.165) is 4.47 Å². The second-order valence-corrected chi connectivity index (χ2v) is 11.6. The third kappa shape index (κ3) is 7.60. The van der Waals surface area contributed by atoms with E-state index >= 15 is 0 Å². The number of carbonyl (C=O) groups excluding carboxylic acids is 3. The number of hydrogen-bond acceptors (Lipinski definition) is 8. The van der Waals surface area contributed by atoms with Gasteiger partial charge in [-0.05, 0) is 67.1 Å². The number of aromatic nitrogens is 1. The number of nitrogens with one attached hydrogen (secondary N) is 2. The number of methoxy groups -OCH3 is 1. The Balaban J connectivity index is 1.37. The van der Waals surface area contributed by atoms with E-state index in [1.54, 1.807) is 43.3 Å². The van der Waals surface area contributed by atoms with E-state index in [2.05, 4.69) is 31.4 Å². The van der Waals surface area contributed by atoms with Crippen molar-refractivity contribution in [3.05, 3.63) is 104 Å². The number of hydrogen-bond donors (Lipinski definition) is 2. The fraction of sp³-hybridized carbons (Fsp3) is 0.118. The number of rotatable bonds is 10. The van der Waals surface area contributed by atoms with Gasteiger partial charge in [0.15, 0.2) is 23.0 Å². The van der Waals surface area contributed by atoms with Gasteiger partial charge in [-0.3, -0.25) is 9.59 Å². The second kappa shape index (κ2) is 14.7. The van der Waals surface area contributed by atoms with Crippen LogP contribution in [0.15, 0.2) is 82.4 Å². The topological polar surface area (TPSA) is 128 Å². The Labute approximate surface area is 287 Å². The molecule has 2 N–H and O–H groups in total. The van der Waals surface area contributed by atoms with Crippen molar-refractivity contribution in [3.63, 3.8) is 0 Å². The van der Waals surface area contributed by atoms with Crippen molar-refractivity contribution in [1.29, 1.82) is 0 Å². The van der Waals surface area contributed by atoms with Crippen molar-refractivity contribution in [3.8, 4) is 34.1 Å². The highest BCUT2D eigenvalue weighted by Crippen LogP contribution is 2.40. The molecular formula is C34H26BrCl2N3O7. The summed E-state index contributed by atoms with van der Waals surface area (Å²) in [5, 5.41) is 5.73. The van der Waals surface area contributed by atoms with Crippen molar-refractivity contribution in [1.82, 2.24) is 10.4 Å². The normalized spacial score (nSPS) is 11.0. The number of halogens is 3. The molecule has 1 heterocycles. The van der Waals surface area contributed by atoms with Crippen LogP contribution >= 0.6 is 39.1 Å². The predicted octanol–water partition coefficient (Wildman–Crippen LogP) is 8.22. The first-order chi connectivity index (χ1) is 22.6. The van der Waals surface area contributed by atoms with Gasteiger partial charge in [-0.1, -0.05) is 57.3 Å². The molecule has 13 heteroatoms. The van der Waals surface area contributed by atoms with Crippen LogP contribution in [-0.2, 0) is 4.79 Å². The summed E-state index contributed by atoms with van der Waals surface area (Å²) in [5.74, 6) is -0.943. The van der Waals surface area contributed by atoms with Crippen LogP contribution < -0.4 is 24.4 Å². The summed E-state index contributed by atoms with van der Waals surface area (Å²) in [4.78, 5) is 40.9. The molecule has 5 rings (SSSR count). The minimum Gasteiger partial charge on any atom is -0.493 e. The average molecular weight is 739 g/mol. The third-order valence-corrected chi connectivity index (χ3v) is 7.78. The Morgan fingerprint density at radius 1 is 0.915 bits per heavy atom. The van der Waals surface area contributed by atoms with Crippen molar-refractivity contribution >= 4 is 74.1 Å². The Kier molecular flexibility index (Phi) is 10.5. The summed E-state index contributed by atoms with van der Waals surface area (Å²) < 4.78 is 22.4. The lowest BCUT2D eigenvalue weighted by atomic mass is 10.0. The SMILES string of the molecule is CCOc1cc(C=NNC(=O)c2[nH]c3c(Cl)cc(Br)cc3c2-c2ccccc2Cl)ccc1OC(=O)c1ccc(OC(C)=O)c(OC)c1. The quantitative estimate of drug-likeness (QED) is 0.0640. The minimum absolute atomic E-state index is 0.159. The summed E-state index contributed by atoms with van der Waals surface area (Å²) in [6.45, 7) is 3.33. The van der Waals surface area contributed by atoms with Gasteiger partial charge < -0.3 is 23.9 Å². The molecule has 47 heavy (non-hydrogen) atoms. The van der Waals surface area contributed by atoms with Crippen LogP contribution in [0.4, 0.5) is 0 Å². The van der Waals surface area contributed by atoms with Gasteiger partial charge in [-0.25, -0.2) is 10.2 Å². The highest BCUT2D eigenvalue weighted by molar-refractivity contribution is 9.10. The van der Waals surface area contributed by atoms with Gasteiger partial charge >= 0.3 is 11.9 Å². The Morgan fingerprint density at radius 2 is 1.66 bits per heavy atom. The van der Waals surface area contributed by atoms with E-state index < -0.39 is 17.8 Å². The Morgan fingerprint density at radius 3 is 2.38 bits per heavy atom. The van der Waals surface area contributed by atoms with Crippen molar-refractivity contribution in [2.45, 2.75) is 13.8 Å². The molecule has 0 aliphatic carbocycles. The number of hydrazone groups is 1. The zero-order valence-electron chi connectivity index (χ0n) is 25.2. The first-order valence-electron chi connectivity index (χ1n) is 14.0. The maximum atomic E-state index is 13.4. The summed E-state index contributed by atoms with van der Waals surface area (Å²) >= 11 is 16.5. The molecule has 5 aromatic rings. The molecule has 0 aliphatic heterocycles. The minimum atomic E-state index is -0.688. The second-order valence-electron chi connectivity index (χ2n) is 9.85. The molecule has 0 radical (unpaired) electrons. The van der Waals surface area contributed by atoms with Gasteiger partial charge in [0.2, 0.25) is 0 Å². The molecule has 0 atom stereocenters. The van der Waals surface area contributed by atoms with E-state index in [9.17, 15) is 14.4 Å². The van der Waals surface area contributed by atoms with Gasteiger partial charge in [-0.2, -0.15) is 5.10 Å². The molecule has 0 fully saturated rings. The molecule has 0 saturated heterocycles. The summed E-state index contributed by atoms with van der Waals surface area (Å²) in [6.07, 6.45) is 1.42. The van der Waals surface area contributed by atoms with Gasteiger partial charge in [0.25, 0.3) is 5.91 Å². The molecule has 10 nitrogen and oxygen atoms in total. The van der Waals surface area contributed by atoms with Crippen LogP contribution in [0.3, 0.4) is 0 Å². The van der Waals surface area contributed by atoms with Gasteiger partial charge in [0, 0.05) is 32.9 Å². The number of carbonyl (C=O) groups is 3. The molecule has 240 valence electrons. The number of nitrogens with zero attached hydrogens (tertiary/aromatic N) is 1. The van der Waals surface area contributed by atoms with Crippen LogP contribution in [0.2, 0.25) is 10.0 Å². The molecule has 4 aromatic carbocycles. The number of ether oxygens (including phenoxy) is 4. The van der Waals surface area contributed by atoms with Crippen LogP contribution in [0.25, 0.3) is 22.0 Å². The monoisotopic (exact) mass is 737 g/mol. The predicted molar refractivity (Wildman–Crippen MR) is 183 cm³/mol. The van der Waals surface area contributed by atoms with E-state index in [1.807, 2.05) is 18.2 Å². The number of esters is 2. The lowest BCUT2D eigenvalue weighted by Crippen LogP contribution is -2.19. The standard InChI is InChI=1S/C34H26BrCl2N3O7/c1-4-45-29-13-19(9-11-27(29)47-34(43)20-10-12-26(46-18(2)41)28(14-20)44-3)17-38-40-33(42)32-30(22-7-5-6-8-24(22)36)23-15-21(35)16-25(37)31(23)39-32/h5-17,39H,4H2,1-3H3,(H,40,42). The van der Waals surface area contributed by atoms with E-state index in [-0.39, 0.29) is 40.9 Å². The summed E-state index contributed by atoms with van der Waals surface area (Å²) in [6, 6.07) is 19.9. The first kappa shape index (κ1) is 33.5.